The molecule has 1 heterocycles. The number of aromatic nitrogens is 2. The average molecular weight is 317 g/mol. The van der Waals surface area contributed by atoms with Crippen molar-refractivity contribution in [1.82, 2.24) is 10.2 Å². The van der Waals surface area contributed by atoms with E-state index >= 15 is 0 Å². The molecule has 1 aromatic heterocycles. The number of nitrogens with zero attached hydrogens (tertiary/aromatic N) is 2. The van der Waals surface area contributed by atoms with Gasteiger partial charge >= 0.3 is 0 Å². The van der Waals surface area contributed by atoms with Crippen molar-refractivity contribution in [2.45, 2.75) is 5.92 Å². The van der Waals surface area contributed by atoms with Crippen molar-refractivity contribution in [2.24, 2.45) is 5.73 Å². The molecule has 19 heavy (non-hydrogen) atoms. The molecular weight excluding hydrogens is 309 g/mol. The van der Waals surface area contributed by atoms with Crippen molar-refractivity contribution in [3.63, 3.8) is 0 Å². The lowest BCUT2D eigenvalue weighted by atomic mass is 9.94. The van der Waals surface area contributed by atoms with Gasteiger partial charge in [-0.2, -0.15) is 5.10 Å². The Kier molecular flexibility index (Phi) is 4.24. The molecule has 0 radical (unpaired) electrons. The second-order valence-electron chi connectivity index (χ2n) is 3.75. The Morgan fingerprint density at radius 1 is 1.05 bits per heavy atom. The highest BCUT2D eigenvalue weighted by Gasteiger charge is 2.26. The molecule has 2 N–H and O–H groups in total. The van der Waals surface area contributed by atoms with Crippen molar-refractivity contribution < 1.29 is 4.79 Å². The first kappa shape index (κ1) is 14.1. The smallest absolute Gasteiger partial charge is 0.231 e. The van der Waals surface area contributed by atoms with E-state index in [9.17, 15) is 4.79 Å². The Balaban J connectivity index is 2.58. The maximum atomic E-state index is 11.7. The predicted octanol–water partition coefficient (Wildman–Crippen LogP) is 3.05. The van der Waals surface area contributed by atoms with Gasteiger partial charge in [0.1, 0.15) is 5.92 Å². The van der Waals surface area contributed by atoms with Gasteiger partial charge in [-0.05, 0) is 24.3 Å². The van der Waals surface area contributed by atoms with Crippen LogP contribution in [0, 0.1) is 0 Å². The van der Waals surface area contributed by atoms with Crippen molar-refractivity contribution in [3.8, 4) is 0 Å². The lowest BCUT2D eigenvalue weighted by Gasteiger charge is -2.15. The summed E-state index contributed by atoms with van der Waals surface area (Å²) in [7, 11) is 0. The van der Waals surface area contributed by atoms with Crippen LogP contribution in [0.1, 0.15) is 17.2 Å². The summed E-state index contributed by atoms with van der Waals surface area (Å²) in [6, 6.07) is 8.01. The van der Waals surface area contributed by atoms with Crippen LogP contribution >= 0.6 is 34.8 Å². The number of rotatable bonds is 3. The van der Waals surface area contributed by atoms with Gasteiger partial charge in [0, 0.05) is 15.6 Å². The van der Waals surface area contributed by atoms with E-state index in [1.807, 2.05) is 0 Å². The third-order valence-electron chi connectivity index (χ3n) is 2.52. The van der Waals surface area contributed by atoms with E-state index < -0.39 is 11.8 Å². The van der Waals surface area contributed by atoms with Crippen molar-refractivity contribution in [2.75, 3.05) is 0 Å². The molecule has 0 aliphatic rings. The SMILES string of the molecule is NC(=O)C(c1ccc(Cl)nn1)c1c(Cl)cccc1Cl. The highest BCUT2D eigenvalue weighted by Crippen LogP contribution is 2.34. The monoisotopic (exact) mass is 315 g/mol. The maximum absolute atomic E-state index is 11.7. The fourth-order valence-corrected chi connectivity index (χ4v) is 2.42. The highest BCUT2D eigenvalue weighted by molar-refractivity contribution is 6.36. The van der Waals surface area contributed by atoms with Gasteiger partial charge in [-0.3, -0.25) is 4.79 Å². The molecule has 0 saturated heterocycles. The molecule has 7 heteroatoms. The number of amides is 1. The van der Waals surface area contributed by atoms with Crippen LogP contribution in [0.3, 0.4) is 0 Å². The van der Waals surface area contributed by atoms with E-state index in [0.29, 0.717) is 21.3 Å². The van der Waals surface area contributed by atoms with E-state index in [0.717, 1.165) is 0 Å². The molecule has 0 spiro atoms. The Morgan fingerprint density at radius 2 is 1.68 bits per heavy atom. The Hall–Kier alpha value is -1.36. The van der Waals surface area contributed by atoms with Crippen LogP contribution in [0.4, 0.5) is 0 Å². The first-order chi connectivity index (χ1) is 9.00. The zero-order valence-electron chi connectivity index (χ0n) is 9.48. The predicted molar refractivity (Wildman–Crippen MR) is 74.5 cm³/mol. The molecule has 0 fully saturated rings. The fraction of sp³-hybridized carbons (Fsp3) is 0.0833. The van der Waals surface area contributed by atoms with E-state index in [4.69, 9.17) is 40.5 Å². The quantitative estimate of drug-likeness (QED) is 0.946. The van der Waals surface area contributed by atoms with Gasteiger partial charge in [-0.15, -0.1) is 5.10 Å². The van der Waals surface area contributed by atoms with Crippen LogP contribution in [-0.4, -0.2) is 16.1 Å². The van der Waals surface area contributed by atoms with E-state index in [2.05, 4.69) is 10.2 Å². The molecule has 4 nitrogen and oxygen atoms in total. The standard InChI is InChI=1S/C12H8Cl3N3O/c13-6-2-1-3-7(14)10(6)11(12(16)19)8-4-5-9(15)18-17-8/h1-5,11H,(H2,16,19). The molecule has 1 unspecified atom stereocenters. The van der Waals surface area contributed by atoms with E-state index in [-0.39, 0.29) is 5.15 Å². The summed E-state index contributed by atoms with van der Waals surface area (Å²) in [6.07, 6.45) is 0. The van der Waals surface area contributed by atoms with Gasteiger partial charge in [0.05, 0.1) is 5.69 Å². The number of carbonyl (C=O) groups excluding carboxylic acids is 1. The first-order valence-corrected chi connectivity index (χ1v) is 6.36. The van der Waals surface area contributed by atoms with Gasteiger partial charge < -0.3 is 5.73 Å². The average Bonchev–Trinajstić information content (AvgIpc) is 2.35. The van der Waals surface area contributed by atoms with Crippen LogP contribution in [0.2, 0.25) is 15.2 Å². The number of halogens is 3. The van der Waals surface area contributed by atoms with Crippen LogP contribution in [0.5, 0.6) is 0 Å². The van der Waals surface area contributed by atoms with Crippen LogP contribution < -0.4 is 5.73 Å². The van der Waals surface area contributed by atoms with Gasteiger partial charge in [-0.1, -0.05) is 40.9 Å². The number of hydrogen-bond acceptors (Lipinski definition) is 3. The van der Waals surface area contributed by atoms with Gasteiger partial charge in [0.15, 0.2) is 5.15 Å². The van der Waals surface area contributed by atoms with E-state index in [1.54, 1.807) is 24.3 Å². The molecule has 0 saturated carbocycles. The van der Waals surface area contributed by atoms with Crippen molar-refractivity contribution in [1.29, 1.82) is 0 Å². The highest BCUT2D eigenvalue weighted by atomic mass is 35.5. The third-order valence-corrected chi connectivity index (χ3v) is 3.38. The van der Waals surface area contributed by atoms with Crippen LogP contribution in [-0.2, 0) is 4.79 Å². The summed E-state index contributed by atoms with van der Waals surface area (Å²) in [6.45, 7) is 0. The topological polar surface area (TPSA) is 68.9 Å². The first-order valence-electron chi connectivity index (χ1n) is 5.23. The number of hydrogen-bond donors (Lipinski definition) is 1. The summed E-state index contributed by atoms with van der Waals surface area (Å²) in [5, 5.41) is 8.45. The van der Waals surface area contributed by atoms with Gasteiger partial charge in [0.2, 0.25) is 5.91 Å². The zero-order valence-corrected chi connectivity index (χ0v) is 11.7. The lowest BCUT2D eigenvalue weighted by molar-refractivity contribution is -0.118. The fourth-order valence-electron chi connectivity index (χ4n) is 1.70. The summed E-state index contributed by atoms with van der Waals surface area (Å²) >= 11 is 17.8. The zero-order chi connectivity index (χ0) is 14.0. The lowest BCUT2D eigenvalue weighted by Crippen LogP contribution is -2.24. The van der Waals surface area contributed by atoms with Gasteiger partial charge in [-0.25, -0.2) is 0 Å². The molecule has 1 atom stereocenters. The minimum Gasteiger partial charge on any atom is -0.369 e. The number of primary amides is 1. The van der Waals surface area contributed by atoms with Gasteiger partial charge in [0.25, 0.3) is 0 Å². The summed E-state index contributed by atoms with van der Waals surface area (Å²) in [5.41, 5.74) is 6.17. The minimum absolute atomic E-state index is 0.220. The van der Waals surface area contributed by atoms with Crippen molar-refractivity contribution >= 4 is 40.7 Å². The normalized spacial score (nSPS) is 12.2. The molecule has 0 aliphatic heterocycles. The van der Waals surface area contributed by atoms with E-state index in [1.165, 1.54) is 6.07 Å². The van der Waals surface area contributed by atoms with Crippen LogP contribution in [0.15, 0.2) is 30.3 Å². The maximum Gasteiger partial charge on any atom is 0.231 e. The minimum atomic E-state index is -0.869. The molecule has 0 aliphatic carbocycles. The molecule has 0 bridgehead atoms. The Bertz CT molecular complexity index is 596. The number of carbonyl (C=O) groups is 1. The molecule has 2 rings (SSSR count). The summed E-state index contributed by atoms with van der Waals surface area (Å²) in [5.74, 6) is -1.49. The second kappa shape index (κ2) is 5.74. The molecular formula is C12H8Cl3N3O. The third kappa shape index (κ3) is 2.97. The Labute approximate surface area is 124 Å². The van der Waals surface area contributed by atoms with Crippen LogP contribution in [0.25, 0.3) is 0 Å². The number of nitrogens with two attached hydrogens (primary N) is 1. The molecule has 1 aromatic carbocycles. The molecule has 1 amide bonds. The Morgan fingerprint density at radius 3 is 2.16 bits per heavy atom. The molecule has 98 valence electrons. The summed E-state index contributed by atoms with van der Waals surface area (Å²) < 4.78 is 0. The largest absolute Gasteiger partial charge is 0.369 e. The second-order valence-corrected chi connectivity index (χ2v) is 4.95. The van der Waals surface area contributed by atoms with Crippen molar-refractivity contribution in [3.05, 3.63) is 56.8 Å². The summed E-state index contributed by atoms with van der Waals surface area (Å²) in [4.78, 5) is 11.7. The molecule has 2 aromatic rings. The number of benzene rings is 1.